The molecule has 0 unspecified atom stereocenters. The van der Waals surface area contributed by atoms with Crippen LogP contribution in [0.15, 0.2) is 47.1 Å². The van der Waals surface area contributed by atoms with E-state index in [1.54, 1.807) is 18.4 Å². The summed E-state index contributed by atoms with van der Waals surface area (Å²) in [5.74, 6) is -0.494. The first-order valence-electron chi connectivity index (χ1n) is 10.3. The highest BCUT2D eigenvalue weighted by molar-refractivity contribution is 6.35. The number of amides is 2. The van der Waals surface area contributed by atoms with Gasteiger partial charge in [0.25, 0.3) is 0 Å². The standard InChI is InChI=1S/C22H29FN4O3/c1-16(2)14-24-21(28)22(29)25-15-19(20-4-3-13-30-20)27-11-9-26(10-12-27)18-7-5-17(23)6-8-18/h3-8,13,16,19H,9-12,14-15H2,1-2H3,(H,24,28)(H,25,29)/t19-/m1/s1. The topological polar surface area (TPSA) is 77.8 Å². The number of halogens is 1. The van der Waals surface area contributed by atoms with Crippen molar-refractivity contribution in [2.45, 2.75) is 19.9 Å². The number of rotatable bonds is 7. The van der Waals surface area contributed by atoms with Crippen LogP contribution in [0.3, 0.4) is 0 Å². The van der Waals surface area contributed by atoms with Crippen molar-refractivity contribution in [3.8, 4) is 0 Å². The second-order valence-electron chi connectivity index (χ2n) is 7.84. The maximum atomic E-state index is 13.2. The van der Waals surface area contributed by atoms with Crippen molar-refractivity contribution in [3.05, 3.63) is 54.2 Å². The van der Waals surface area contributed by atoms with Gasteiger partial charge in [-0.3, -0.25) is 14.5 Å². The number of carbonyl (C=O) groups is 2. The molecule has 0 aliphatic carbocycles. The molecule has 1 aliphatic rings. The van der Waals surface area contributed by atoms with E-state index in [9.17, 15) is 14.0 Å². The van der Waals surface area contributed by atoms with Crippen LogP contribution in [0.5, 0.6) is 0 Å². The summed E-state index contributed by atoms with van der Waals surface area (Å²) in [7, 11) is 0. The molecule has 0 spiro atoms. The Labute approximate surface area is 176 Å². The fourth-order valence-electron chi connectivity index (χ4n) is 3.48. The summed E-state index contributed by atoms with van der Waals surface area (Å²) in [6.45, 7) is 7.71. The molecule has 0 radical (unpaired) electrons. The van der Waals surface area contributed by atoms with E-state index in [0.717, 1.165) is 37.6 Å². The first-order chi connectivity index (χ1) is 14.4. The van der Waals surface area contributed by atoms with Gasteiger partial charge in [-0.25, -0.2) is 4.39 Å². The molecule has 2 aromatic rings. The van der Waals surface area contributed by atoms with Crippen molar-refractivity contribution in [3.63, 3.8) is 0 Å². The summed E-state index contributed by atoms with van der Waals surface area (Å²) in [5, 5.41) is 5.36. The minimum atomic E-state index is -0.642. The van der Waals surface area contributed by atoms with Crippen LogP contribution in [0, 0.1) is 11.7 Å². The lowest BCUT2D eigenvalue weighted by Gasteiger charge is -2.39. The molecule has 0 saturated carbocycles. The lowest BCUT2D eigenvalue weighted by atomic mass is 10.1. The van der Waals surface area contributed by atoms with Crippen molar-refractivity contribution in [2.75, 3.05) is 44.2 Å². The number of nitrogens with one attached hydrogen (secondary N) is 2. The average molecular weight is 416 g/mol. The van der Waals surface area contributed by atoms with Crippen LogP contribution in [0.25, 0.3) is 0 Å². The van der Waals surface area contributed by atoms with Gasteiger partial charge in [0.05, 0.1) is 12.3 Å². The predicted molar refractivity (Wildman–Crippen MR) is 112 cm³/mol. The third-order valence-corrected chi connectivity index (χ3v) is 5.15. The first-order valence-corrected chi connectivity index (χ1v) is 10.3. The van der Waals surface area contributed by atoms with E-state index in [0.29, 0.717) is 6.54 Å². The molecule has 1 aromatic carbocycles. The second kappa shape index (κ2) is 10.2. The van der Waals surface area contributed by atoms with Gasteiger partial charge < -0.3 is 20.0 Å². The Hall–Kier alpha value is -2.87. The van der Waals surface area contributed by atoms with Crippen LogP contribution < -0.4 is 15.5 Å². The Morgan fingerprint density at radius 1 is 1.00 bits per heavy atom. The third-order valence-electron chi connectivity index (χ3n) is 5.15. The molecule has 1 aliphatic heterocycles. The van der Waals surface area contributed by atoms with Crippen molar-refractivity contribution < 1.29 is 18.4 Å². The molecule has 2 amide bonds. The number of nitrogens with zero attached hydrogens (tertiary/aromatic N) is 2. The lowest BCUT2D eigenvalue weighted by molar-refractivity contribution is -0.139. The van der Waals surface area contributed by atoms with Crippen molar-refractivity contribution in [1.29, 1.82) is 0 Å². The summed E-state index contributed by atoms with van der Waals surface area (Å²) >= 11 is 0. The van der Waals surface area contributed by atoms with Crippen LogP contribution in [0.2, 0.25) is 0 Å². The van der Waals surface area contributed by atoms with Crippen molar-refractivity contribution in [1.82, 2.24) is 15.5 Å². The van der Waals surface area contributed by atoms with Gasteiger partial charge in [-0.2, -0.15) is 0 Å². The highest BCUT2D eigenvalue weighted by Crippen LogP contribution is 2.24. The maximum Gasteiger partial charge on any atom is 0.309 e. The molecule has 7 nitrogen and oxygen atoms in total. The Morgan fingerprint density at radius 2 is 1.63 bits per heavy atom. The van der Waals surface area contributed by atoms with Gasteiger partial charge >= 0.3 is 11.8 Å². The van der Waals surface area contributed by atoms with Crippen LogP contribution in [0.1, 0.15) is 25.6 Å². The summed E-state index contributed by atoms with van der Waals surface area (Å²) in [6, 6.07) is 10.0. The smallest absolute Gasteiger partial charge is 0.309 e. The summed E-state index contributed by atoms with van der Waals surface area (Å²) in [4.78, 5) is 28.5. The second-order valence-corrected chi connectivity index (χ2v) is 7.84. The zero-order valence-corrected chi connectivity index (χ0v) is 17.4. The Bertz CT molecular complexity index is 815. The minimum absolute atomic E-state index is 0.169. The molecule has 162 valence electrons. The zero-order chi connectivity index (χ0) is 21.5. The summed E-state index contributed by atoms with van der Waals surface area (Å²) in [5.41, 5.74) is 0.987. The molecule has 1 saturated heterocycles. The fourth-order valence-corrected chi connectivity index (χ4v) is 3.48. The number of hydrogen-bond acceptors (Lipinski definition) is 5. The molecule has 30 heavy (non-hydrogen) atoms. The van der Waals surface area contributed by atoms with Crippen molar-refractivity contribution >= 4 is 17.5 Å². The van der Waals surface area contributed by atoms with E-state index >= 15 is 0 Å². The van der Waals surface area contributed by atoms with Gasteiger partial charge in [0.2, 0.25) is 0 Å². The number of benzene rings is 1. The van der Waals surface area contributed by atoms with E-state index in [-0.39, 0.29) is 24.3 Å². The van der Waals surface area contributed by atoms with Gasteiger partial charge in [-0.1, -0.05) is 13.8 Å². The Balaban J connectivity index is 1.58. The van der Waals surface area contributed by atoms with E-state index in [4.69, 9.17) is 4.42 Å². The van der Waals surface area contributed by atoms with Crippen LogP contribution in [-0.2, 0) is 9.59 Å². The van der Waals surface area contributed by atoms with Gasteiger partial charge in [0.15, 0.2) is 0 Å². The third kappa shape index (κ3) is 5.82. The zero-order valence-electron chi connectivity index (χ0n) is 17.4. The number of anilines is 1. The Morgan fingerprint density at radius 3 is 2.20 bits per heavy atom. The van der Waals surface area contributed by atoms with Crippen LogP contribution in [-0.4, -0.2) is 56.0 Å². The number of hydrogen-bond donors (Lipinski definition) is 2. The summed E-state index contributed by atoms with van der Waals surface area (Å²) < 4.78 is 18.8. The van der Waals surface area contributed by atoms with Gasteiger partial charge in [-0.15, -0.1) is 0 Å². The number of carbonyl (C=O) groups excluding carboxylic acids is 2. The quantitative estimate of drug-likeness (QED) is 0.677. The monoisotopic (exact) mass is 416 g/mol. The van der Waals surface area contributed by atoms with E-state index in [1.165, 1.54) is 12.1 Å². The van der Waals surface area contributed by atoms with E-state index < -0.39 is 11.8 Å². The van der Waals surface area contributed by atoms with E-state index in [2.05, 4.69) is 20.4 Å². The maximum absolute atomic E-state index is 13.2. The molecular weight excluding hydrogens is 387 g/mol. The molecule has 8 heteroatoms. The normalized spacial score (nSPS) is 15.8. The first kappa shape index (κ1) is 21.8. The van der Waals surface area contributed by atoms with Crippen LogP contribution in [0.4, 0.5) is 10.1 Å². The average Bonchev–Trinajstić information content (AvgIpc) is 3.27. The molecule has 1 aromatic heterocycles. The largest absolute Gasteiger partial charge is 0.468 e. The van der Waals surface area contributed by atoms with Crippen LogP contribution >= 0.6 is 0 Å². The Kier molecular flexibility index (Phi) is 7.46. The SMILES string of the molecule is CC(C)CNC(=O)C(=O)NC[C@H](c1ccco1)N1CCN(c2ccc(F)cc2)CC1. The molecule has 2 N–H and O–H groups in total. The molecule has 2 heterocycles. The highest BCUT2D eigenvalue weighted by atomic mass is 19.1. The van der Waals surface area contributed by atoms with E-state index in [1.807, 2.05) is 26.0 Å². The predicted octanol–water partition coefficient (Wildman–Crippen LogP) is 2.17. The molecule has 0 bridgehead atoms. The number of piperazine rings is 1. The van der Waals surface area contributed by atoms with Crippen molar-refractivity contribution in [2.24, 2.45) is 5.92 Å². The molecule has 1 atom stereocenters. The highest BCUT2D eigenvalue weighted by Gasteiger charge is 2.28. The molecule has 3 rings (SSSR count). The minimum Gasteiger partial charge on any atom is -0.468 e. The fraction of sp³-hybridized carbons (Fsp3) is 0.455. The lowest BCUT2D eigenvalue weighted by Crippen LogP contribution is -2.51. The van der Waals surface area contributed by atoms with Gasteiger partial charge in [0, 0.05) is 45.0 Å². The van der Waals surface area contributed by atoms with Gasteiger partial charge in [0.1, 0.15) is 11.6 Å². The molecule has 1 fully saturated rings. The number of furan rings is 1. The molecular formula is C22H29FN4O3. The summed E-state index contributed by atoms with van der Waals surface area (Å²) in [6.07, 6.45) is 1.61. The van der Waals surface area contributed by atoms with Gasteiger partial charge in [-0.05, 0) is 42.3 Å².